The van der Waals surface area contributed by atoms with Crippen molar-refractivity contribution >= 4 is 11.6 Å². The van der Waals surface area contributed by atoms with Gasteiger partial charge in [-0.3, -0.25) is 9.59 Å². The van der Waals surface area contributed by atoms with E-state index in [1.54, 1.807) is 6.92 Å². The number of hydrogen-bond acceptors (Lipinski definition) is 2. The summed E-state index contributed by atoms with van der Waals surface area (Å²) in [7, 11) is 0. The molecule has 2 atom stereocenters. The molecular formula is C9H14O2. The first-order chi connectivity index (χ1) is 5.11. The van der Waals surface area contributed by atoms with Crippen molar-refractivity contribution in [1.82, 2.24) is 0 Å². The molecule has 0 N–H and O–H groups in total. The highest BCUT2D eigenvalue weighted by molar-refractivity contribution is 5.84. The van der Waals surface area contributed by atoms with Gasteiger partial charge in [0.1, 0.15) is 11.6 Å². The fourth-order valence-corrected chi connectivity index (χ4v) is 1.81. The van der Waals surface area contributed by atoms with Gasteiger partial charge in [-0.15, -0.1) is 0 Å². The normalized spacial score (nSPS) is 32.0. The second-order valence-corrected chi connectivity index (χ2v) is 3.48. The number of carbonyl (C=O) groups excluding carboxylic acids is 2. The zero-order valence-corrected chi connectivity index (χ0v) is 7.09. The smallest absolute Gasteiger partial charge is 0.133 e. The molecule has 0 spiro atoms. The van der Waals surface area contributed by atoms with E-state index in [-0.39, 0.29) is 17.6 Å². The van der Waals surface area contributed by atoms with E-state index in [4.69, 9.17) is 0 Å². The zero-order chi connectivity index (χ0) is 8.43. The van der Waals surface area contributed by atoms with Crippen LogP contribution in [0.15, 0.2) is 0 Å². The van der Waals surface area contributed by atoms with Gasteiger partial charge >= 0.3 is 0 Å². The van der Waals surface area contributed by atoms with Crippen molar-refractivity contribution in [3.05, 3.63) is 0 Å². The molecule has 0 unspecified atom stereocenters. The molecule has 1 aliphatic rings. The first-order valence-electron chi connectivity index (χ1n) is 4.13. The monoisotopic (exact) mass is 154 g/mol. The van der Waals surface area contributed by atoms with E-state index >= 15 is 0 Å². The van der Waals surface area contributed by atoms with Crippen LogP contribution < -0.4 is 0 Å². The van der Waals surface area contributed by atoms with Crippen LogP contribution in [0.5, 0.6) is 0 Å². The first kappa shape index (κ1) is 8.44. The topological polar surface area (TPSA) is 34.1 Å². The fraction of sp³-hybridized carbons (Fsp3) is 0.778. The Labute approximate surface area is 67.0 Å². The van der Waals surface area contributed by atoms with Crippen LogP contribution in [-0.4, -0.2) is 11.6 Å². The Balaban J connectivity index is 2.57. The molecule has 0 amide bonds. The molecule has 1 rings (SSSR count). The molecule has 0 heterocycles. The fourth-order valence-electron chi connectivity index (χ4n) is 1.81. The van der Waals surface area contributed by atoms with Crippen molar-refractivity contribution < 1.29 is 9.59 Å². The van der Waals surface area contributed by atoms with Crippen molar-refractivity contribution in [2.75, 3.05) is 0 Å². The minimum Gasteiger partial charge on any atom is -0.300 e. The number of ketones is 2. The van der Waals surface area contributed by atoms with Crippen LogP contribution in [0.1, 0.15) is 33.1 Å². The predicted molar refractivity (Wildman–Crippen MR) is 42.2 cm³/mol. The molecule has 1 aliphatic carbocycles. The minimum atomic E-state index is 0.146. The third kappa shape index (κ3) is 1.88. The molecule has 0 bridgehead atoms. The highest BCUT2D eigenvalue weighted by atomic mass is 16.1. The van der Waals surface area contributed by atoms with Crippen molar-refractivity contribution in [3.8, 4) is 0 Å². The van der Waals surface area contributed by atoms with Gasteiger partial charge in [-0.2, -0.15) is 0 Å². The molecule has 2 nitrogen and oxygen atoms in total. The van der Waals surface area contributed by atoms with Crippen LogP contribution in [-0.2, 0) is 9.59 Å². The Morgan fingerprint density at radius 1 is 1.55 bits per heavy atom. The second kappa shape index (κ2) is 3.16. The summed E-state index contributed by atoms with van der Waals surface area (Å²) in [6.07, 6.45) is 1.98. The molecule has 1 fully saturated rings. The van der Waals surface area contributed by atoms with E-state index < -0.39 is 0 Å². The average Bonchev–Trinajstić information content (AvgIpc) is 1.85. The average molecular weight is 154 g/mol. The summed E-state index contributed by atoms with van der Waals surface area (Å²) < 4.78 is 0. The van der Waals surface area contributed by atoms with Crippen LogP contribution in [0.3, 0.4) is 0 Å². The lowest BCUT2D eigenvalue weighted by atomic mass is 9.78. The summed E-state index contributed by atoms with van der Waals surface area (Å²) in [5.74, 6) is 0.974. The number of Topliss-reactive ketones (excluding diaryl/α,β-unsaturated/α-hetero) is 2. The van der Waals surface area contributed by atoms with Crippen LogP contribution in [0.2, 0.25) is 0 Å². The maximum Gasteiger partial charge on any atom is 0.133 e. The second-order valence-electron chi connectivity index (χ2n) is 3.48. The Bertz CT molecular complexity index is 184. The van der Waals surface area contributed by atoms with E-state index in [2.05, 4.69) is 0 Å². The summed E-state index contributed by atoms with van der Waals surface area (Å²) in [6, 6.07) is 0. The number of hydrogen-bond donors (Lipinski definition) is 0. The quantitative estimate of drug-likeness (QED) is 0.574. The third-order valence-corrected chi connectivity index (χ3v) is 2.49. The van der Waals surface area contributed by atoms with E-state index in [0.29, 0.717) is 18.6 Å². The standard InChI is InChI=1S/C9H14O2/c1-6-5-8(11)3-4-9(6)7(2)10/h6,9H,3-5H2,1-2H3/t6-,9-/m0/s1. The third-order valence-electron chi connectivity index (χ3n) is 2.49. The van der Waals surface area contributed by atoms with Crippen molar-refractivity contribution in [1.29, 1.82) is 0 Å². The molecule has 0 aromatic rings. The van der Waals surface area contributed by atoms with Crippen molar-refractivity contribution in [2.45, 2.75) is 33.1 Å². The summed E-state index contributed by atoms with van der Waals surface area (Å²) in [6.45, 7) is 3.61. The van der Waals surface area contributed by atoms with Gasteiger partial charge in [-0.05, 0) is 19.3 Å². The van der Waals surface area contributed by atoms with Gasteiger partial charge in [-0.25, -0.2) is 0 Å². The predicted octanol–water partition coefficient (Wildman–Crippen LogP) is 1.58. The van der Waals surface area contributed by atoms with Crippen molar-refractivity contribution in [3.63, 3.8) is 0 Å². The van der Waals surface area contributed by atoms with Crippen LogP contribution >= 0.6 is 0 Å². The lowest BCUT2D eigenvalue weighted by Gasteiger charge is -2.25. The molecule has 1 saturated carbocycles. The van der Waals surface area contributed by atoms with Gasteiger partial charge in [0.25, 0.3) is 0 Å². The molecule has 0 saturated heterocycles. The van der Waals surface area contributed by atoms with Gasteiger partial charge in [0.2, 0.25) is 0 Å². The Morgan fingerprint density at radius 2 is 2.18 bits per heavy atom. The van der Waals surface area contributed by atoms with Gasteiger partial charge in [0.05, 0.1) is 0 Å². The van der Waals surface area contributed by atoms with E-state index in [0.717, 1.165) is 6.42 Å². The van der Waals surface area contributed by atoms with Gasteiger partial charge in [0.15, 0.2) is 0 Å². The summed E-state index contributed by atoms with van der Waals surface area (Å²) in [5, 5.41) is 0. The maximum atomic E-state index is 11.0. The van der Waals surface area contributed by atoms with E-state index in [1.807, 2.05) is 6.92 Å². The summed E-state index contributed by atoms with van der Waals surface area (Å²) in [4.78, 5) is 21.9. The van der Waals surface area contributed by atoms with Gasteiger partial charge in [0, 0.05) is 18.8 Å². The summed E-state index contributed by atoms with van der Waals surface area (Å²) in [5.41, 5.74) is 0. The largest absolute Gasteiger partial charge is 0.300 e. The molecule has 0 aromatic heterocycles. The van der Waals surface area contributed by atoms with Crippen LogP contribution in [0.25, 0.3) is 0 Å². The number of rotatable bonds is 1. The molecule has 2 heteroatoms. The summed E-state index contributed by atoms with van der Waals surface area (Å²) >= 11 is 0. The Kier molecular flexibility index (Phi) is 2.42. The molecule has 0 aromatic carbocycles. The molecule has 0 radical (unpaired) electrons. The van der Waals surface area contributed by atoms with Gasteiger partial charge in [-0.1, -0.05) is 6.92 Å². The number of carbonyl (C=O) groups is 2. The first-order valence-corrected chi connectivity index (χ1v) is 4.13. The van der Waals surface area contributed by atoms with Gasteiger partial charge < -0.3 is 0 Å². The lowest BCUT2D eigenvalue weighted by Crippen LogP contribution is -2.27. The minimum absolute atomic E-state index is 0.146. The lowest BCUT2D eigenvalue weighted by molar-refractivity contribution is -0.128. The highest BCUT2D eigenvalue weighted by Gasteiger charge is 2.28. The van der Waals surface area contributed by atoms with Crippen LogP contribution in [0.4, 0.5) is 0 Å². The van der Waals surface area contributed by atoms with E-state index in [9.17, 15) is 9.59 Å². The Hall–Kier alpha value is -0.660. The molecule has 11 heavy (non-hydrogen) atoms. The molecule has 0 aliphatic heterocycles. The SMILES string of the molecule is CC(=O)[C@H]1CCC(=O)C[C@@H]1C. The van der Waals surface area contributed by atoms with Crippen molar-refractivity contribution in [2.24, 2.45) is 11.8 Å². The molecular weight excluding hydrogens is 140 g/mol. The molecule has 62 valence electrons. The van der Waals surface area contributed by atoms with E-state index in [1.165, 1.54) is 0 Å². The zero-order valence-electron chi connectivity index (χ0n) is 7.09. The Morgan fingerprint density at radius 3 is 2.64 bits per heavy atom. The van der Waals surface area contributed by atoms with Crippen LogP contribution in [0, 0.1) is 11.8 Å². The maximum absolute atomic E-state index is 11.0. The highest BCUT2D eigenvalue weighted by Crippen LogP contribution is 2.27.